The van der Waals surface area contributed by atoms with Crippen molar-refractivity contribution in [3.63, 3.8) is 0 Å². The van der Waals surface area contributed by atoms with Gasteiger partial charge in [0, 0.05) is 37.4 Å². The van der Waals surface area contributed by atoms with Crippen LogP contribution >= 0.6 is 11.8 Å². The Balaban J connectivity index is 1.59. The predicted molar refractivity (Wildman–Crippen MR) is 117 cm³/mol. The highest BCUT2D eigenvalue weighted by atomic mass is 32.2. The zero-order valence-corrected chi connectivity index (χ0v) is 18.4. The Morgan fingerprint density at radius 3 is 2.39 bits per heavy atom. The third kappa shape index (κ3) is 4.73. The third-order valence-electron chi connectivity index (χ3n) is 5.91. The summed E-state index contributed by atoms with van der Waals surface area (Å²) in [5.74, 6) is 1.80. The lowest BCUT2D eigenvalue weighted by Gasteiger charge is -2.44. The van der Waals surface area contributed by atoms with Crippen molar-refractivity contribution < 1.29 is 9.59 Å². The van der Waals surface area contributed by atoms with E-state index in [-0.39, 0.29) is 16.7 Å². The molecule has 2 saturated heterocycles. The number of piperidine rings is 1. The standard InChI is InChI=1S/C23H34N2O2S/c1-4-5-6-19-7-9-20(10-8-19)22(27)24-13-11-23(12-14-24)25(15-16-28-23)21(26)17-18(2)3/h7-10,18H,4-6,11-17H2,1-3H3. The fourth-order valence-corrected chi connectivity index (χ4v) is 5.74. The normalized spacial score (nSPS) is 18.9. The van der Waals surface area contributed by atoms with E-state index >= 15 is 0 Å². The molecule has 2 amide bonds. The molecule has 154 valence electrons. The molecule has 0 bridgehead atoms. The summed E-state index contributed by atoms with van der Waals surface area (Å²) in [6.07, 6.45) is 5.82. The van der Waals surface area contributed by atoms with E-state index in [1.165, 1.54) is 18.4 Å². The van der Waals surface area contributed by atoms with Crippen LogP contribution in [0.15, 0.2) is 24.3 Å². The molecule has 1 spiro atoms. The molecule has 2 heterocycles. The number of hydrogen-bond acceptors (Lipinski definition) is 3. The van der Waals surface area contributed by atoms with Crippen molar-refractivity contribution in [1.29, 1.82) is 0 Å². The lowest BCUT2D eigenvalue weighted by atomic mass is 9.99. The molecule has 5 heteroatoms. The zero-order valence-electron chi connectivity index (χ0n) is 17.6. The van der Waals surface area contributed by atoms with E-state index in [0.29, 0.717) is 12.3 Å². The van der Waals surface area contributed by atoms with E-state index in [1.54, 1.807) is 0 Å². The van der Waals surface area contributed by atoms with Crippen LogP contribution in [0, 0.1) is 5.92 Å². The van der Waals surface area contributed by atoms with Gasteiger partial charge in [-0.05, 0) is 49.3 Å². The third-order valence-corrected chi connectivity index (χ3v) is 7.47. The number of hydrogen-bond donors (Lipinski definition) is 0. The smallest absolute Gasteiger partial charge is 0.253 e. The first kappa shape index (κ1) is 21.2. The number of nitrogens with zero attached hydrogens (tertiary/aromatic N) is 2. The second-order valence-electron chi connectivity index (χ2n) is 8.53. The fraction of sp³-hybridized carbons (Fsp3) is 0.652. The van der Waals surface area contributed by atoms with Crippen molar-refractivity contribution in [3.05, 3.63) is 35.4 Å². The van der Waals surface area contributed by atoms with E-state index in [2.05, 4.69) is 37.8 Å². The van der Waals surface area contributed by atoms with Crippen molar-refractivity contribution in [2.45, 2.75) is 64.2 Å². The molecule has 0 atom stereocenters. The highest BCUT2D eigenvalue weighted by molar-refractivity contribution is 8.00. The second-order valence-corrected chi connectivity index (χ2v) is 9.99. The first-order valence-corrected chi connectivity index (χ1v) is 11.8. The molecule has 4 nitrogen and oxygen atoms in total. The molecule has 28 heavy (non-hydrogen) atoms. The van der Waals surface area contributed by atoms with E-state index in [0.717, 1.165) is 50.2 Å². The molecule has 3 rings (SSSR count). The Morgan fingerprint density at radius 1 is 1.11 bits per heavy atom. The molecule has 0 radical (unpaired) electrons. The van der Waals surface area contributed by atoms with Gasteiger partial charge in [0.2, 0.25) is 5.91 Å². The Morgan fingerprint density at radius 2 is 1.79 bits per heavy atom. The summed E-state index contributed by atoms with van der Waals surface area (Å²) in [6, 6.07) is 8.13. The first-order chi connectivity index (χ1) is 13.4. The summed E-state index contributed by atoms with van der Waals surface area (Å²) in [6.45, 7) is 8.71. The topological polar surface area (TPSA) is 40.6 Å². The molecule has 2 fully saturated rings. The first-order valence-electron chi connectivity index (χ1n) is 10.8. The second kappa shape index (κ2) is 9.34. The highest BCUT2D eigenvalue weighted by Crippen LogP contribution is 2.44. The minimum Gasteiger partial charge on any atom is -0.338 e. The summed E-state index contributed by atoms with van der Waals surface area (Å²) in [7, 11) is 0. The average molecular weight is 403 g/mol. The van der Waals surface area contributed by atoms with E-state index in [4.69, 9.17) is 0 Å². The maximum absolute atomic E-state index is 12.9. The van der Waals surface area contributed by atoms with E-state index in [1.807, 2.05) is 28.8 Å². The number of benzene rings is 1. The maximum atomic E-state index is 12.9. The van der Waals surface area contributed by atoms with Crippen molar-refractivity contribution in [2.24, 2.45) is 5.92 Å². The molecular weight excluding hydrogens is 368 g/mol. The lowest BCUT2D eigenvalue weighted by Crippen LogP contribution is -2.53. The van der Waals surface area contributed by atoms with Gasteiger partial charge >= 0.3 is 0 Å². The van der Waals surface area contributed by atoms with Crippen LogP contribution in [0.3, 0.4) is 0 Å². The number of unbranched alkanes of at least 4 members (excludes halogenated alkanes) is 1. The highest BCUT2D eigenvalue weighted by Gasteiger charge is 2.46. The Bertz CT molecular complexity index is 678. The number of thioether (sulfide) groups is 1. The van der Waals surface area contributed by atoms with Gasteiger partial charge in [-0.3, -0.25) is 9.59 Å². The van der Waals surface area contributed by atoms with Gasteiger partial charge in [0.25, 0.3) is 5.91 Å². The fourth-order valence-electron chi connectivity index (χ4n) is 4.27. The predicted octanol–water partition coefficient (Wildman–Crippen LogP) is 4.58. The monoisotopic (exact) mass is 402 g/mol. The molecule has 1 aromatic rings. The van der Waals surface area contributed by atoms with Crippen LogP contribution in [0.4, 0.5) is 0 Å². The molecule has 2 aliphatic rings. The summed E-state index contributed by atoms with van der Waals surface area (Å²) in [5.41, 5.74) is 2.08. The molecule has 0 unspecified atom stereocenters. The summed E-state index contributed by atoms with van der Waals surface area (Å²) in [5, 5.41) is 0. The summed E-state index contributed by atoms with van der Waals surface area (Å²) < 4.78 is 0. The zero-order chi connectivity index (χ0) is 20.1. The Labute approximate surface area is 174 Å². The molecule has 0 saturated carbocycles. The van der Waals surface area contributed by atoms with E-state index in [9.17, 15) is 9.59 Å². The molecule has 2 aliphatic heterocycles. The number of carbonyl (C=O) groups is 2. The van der Waals surface area contributed by atoms with Crippen molar-refractivity contribution in [1.82, 2.24) is 9.80 Å². The van der Waals surface area contributed by atoms with Crippen LogP contribution in [0.25, 0.3) is 0 Å². The molecule has 1 aromatic carbocycles. The van der Waals surface area contributed by atoms with Crippen LogP contribution in [0.1, 0.15) is 68.8 Å². The van der Waals surface area contributed by atoms with Crippen molar-refractivity contribution in [3.8, 4) is 0 Å². The van der Waals surface area contributed by atoms with Crippen molar-refractivity contribution >= 4 is 23.6 Å². The maximum Gasteiger partial charge on any atom is 0.253 e. The number of likely N-dealkylation sites (tertiary alicyclic amines) is 1. The molecule has 0 aromatic heterocycles. The van der Waals surface area contributed by atoms with Gasteiger partial charge in [0.05, 0.1) is 4.87 Å². The summed E-state index contributed by atoms with van der Waals surface area (Å²) in [4.78, 5) is 29.6. The van der Waals surface area contributed by atoms with Crippen LogP contribution in [-0.2, 0) is 11.2 Å². The summed E-state index contributed by atoms with van der Waals surface area (Å²) >= 11 is 1.92. The number of carbonyl (C=O) groups excluding carboxylic acids is 2. The van der Waals surface area contributed by atoms with Gasteiger partial charge in [-0.25, -0.2) is 0 Å². The molecular formula is C23H34N2O2S. The minimum atomic E-state index is -0.0905. The van der Waals surface area contributed by atoms with Crippen LogP contribution in [0.5, 0.6) is 0 Å². The van der Waals surface area contributed by atoms with Gasteiger partial charge in [0.15, 0.2) is 0 Å². The Kier molecular flexibility index (Phi) is 7.08. The van der Waals surface area contributed by atoms with Crippen molar-refractivity contribution in [2.75, 3.05) is 25.4 Å². The van der Waals surface area contributed by atoms with Gasteiger partial charge in [0.1, 0.15) is 0 Å². The quantitative estimate of drug-likeness (QED) is 0.699. The van der Waals surface area contributed by atoms with Crippen LogP contribution in [-0.4, -0.2) is 51.9 Å². The van der Waals surface area contributed by atoms with Gasteiger partial charge in [-0.1, -0.05) is 39.3 Å². The SMILES string of the molecule is CCCCc1ccc(C(=O)N2CCC3(CC2)SCCN3C(=O)CC(C)C)cc1. The van der Waals surface area contributed by atoms with Gasteiger partial charge in [-0.15, -0.1) is 11.8 Å². The molecule has 0 aliphatic carbocycles. The largest absolute Gasteiger partial charge is 0.338 e. The lowest BCUT2D eigenvalue weighted by molar-refractivity contribution is -0.135. The number of amides is 2. The van der Waals surface area contributed by atoms with Crippen LogP contribution < -0.4 is 0 Å². The number of aryl methyl sites for hydroxylation is 1. The van der Waals surface area contributed by atoms with Crippen LogP contribution in [0.2, 0.25) is 0 Å². The molecule has 0 N–H and O–H groups in total. The van der Waals surface area contributed by atoms with Gasteiger partial charge < -0.3 is 9.80 Å². The average Bonchev–Trinajstić information content (AvgIpc) is 3.09. The van der Waals surface area contributed by atoms with Gasteiger partial charge in [-0.2, -0.15) is 0 Å². The Hall–Kier alpha value is -1.49. The minimum absolute atomic E-state index is 0.0905. The van der Waals surface area contributed by atoms with E-state index < -0.39 is 0 Å². The number of rotatable bonds is 6.